The fourth-order valence-electron chi connectivity index (χ4n) is 1.85. The van der Waals surface area contributed by atoms with Gasteiger partial charge in [-0.3, -0.25) is 0 Å². The molecule has 0 aromatic heterocycles. The van der Waals surface area contributed by atoms with E-state index >= 15 is 0 Å². The van der Waals surface area contributed by atoms with Gasteiger partial charge in [-0.2, -0.15) is 0 Å². The van der Waals surface area contributed by atoms with Gasteiger partial charge in [-0.25, -0.2) is 0 Å². The molecule has 0 fully saturated rings. The minimum atomic E-state index is -1.59. The summed E-state index contributed by atoms with van der Waals surface area (Å²) >= 11 is 17.2. The lowest BCUT2D eigenvalue weighted by Crippen LogP contribution is -2.37. The Labute approximate surface area is 110 Å². The smallest absolute Gasteiger partial charge is 0.192 e. The fraction of sp³-hybridized carbons (Fsp3) is 1.00. The highest BCUT2D eigenvalue weighted by Gasteiger charge is 2.31. The normalized spacial score (nSPS) is 12.0. The Morgan fingerprint density at radius 2 is 1.13 bits per heavy atom. The van der Waals surface area contributed by atoms with E-state index in [2.05, 4.69) is 0 Å². The van der Waals surface area contributed by atoms with E-state index in [1.807, 2.05) is 7.11 Å². The van der Waals surface area contributed by atoms with E-state index in [0.717, 1.165) is 55.0 Å². The molecule has 92 valence electrons. The third kappa shape index (κ3) is 7.06. The van der Waals surface area contributed by atoms with Crippen molar-refractivity contribution in [3.8, 4) is 0 Å². The van der Waals surface area contributed by atoms with Crippen molar-refractivity contribution in [2.75, 3.05) is 24.7 Å². The van der Waals surface area contributed by atoms with Crippen LogP contribution in [0.4, 0.5) is 0 Å². The number of alkyl halides is 3. The van der Waals surface area contributed by atoms with Gasteiger partial charge in [-0.05, 0) is 37.4 Å². The highest BCUT2D eigenvalue weighted by atomic mass is 35.5. The van der Waals surface area contributed by atoms with Crippen molar-refractivity contribution in [1.82, 2.24) is 0 Å². The molecule has 0 saturated heterocycles. The first-order valence-corrected chi connectivity index (χ1v) is 9.61. The topological polar surface area (TPSA) is 9.23 Å². The van der Waals surface area contributed by atoms with E-state index in [9.17, 15) is 0 Å². The van der Waals surface area contributed by atoms with Crippen molar-refractivity contribution < 1.29 is 4.43 Å². The number of halogens is 3. The zero-order valence-corrected chi connectivity index (χ0v) is 12.7. The van der Waals surface area contributed by atoms with Gasteiger partial charge in [-0.15, -0.1) is 34.8 Å². The molecule has 0 spiro atoms. The highest BCUT2D eigenvalue weighted by Crippen LogP contribution is 2.27. The van der Waals surface area contributed by atoms with E-state index in [4.69, 9.17) is 39.2 Å². The van der Waals surface area contributed by atoms with Gasteiger partial charge in [-0.1, -0.05) is 0 Å². The molecule has 0 radical (unpaired) electrons. The van der Waals surface area contributed by atoms with Crippen LogP contribution in [0.2, 0.25) is 18.1 Å². The van der Waals surface area contributed by atoms with Crippen molar-refractivity contribution in [2.45, 2.75) is 37.4 Å². The predicted octanol–water partition coefficient (Wildman–Crippen LogP) is 4.47. The molecule has 0 aliphatic heterocycles. The summed E-state index contributed by atoms with van der Waals surface area (Å²) in [5.74, 6) is 2.17. The standard InChI is InChI=1S/C10H21Cl3OSi/c1-14-15(8-2-5-11,9-3-6-12)10-4-7-13/h2-10H2,1H3. The third-order valence-electron chi connectivity index (χ3n) is 2.73. The van der Waals surface area contributed by atoms with Gasteiger partial charge in [0.25, 0.3) is 0 Å². The quantitative estimate of drug-likeness (QED) is 0.426. The fourth-order valence-corrected chi connectivity index (χ4v) is 6.75. The van der Waals surface area contributed by atoms with E-state index in [0.29, 0.717) is 0 Å². The molecule has 0 unspecified atom stereocenters. The monoisotopic (exact) mass is 290 g/mol. The van der Waals surface area contributed by atoms with Gasteiger partial charge in [0.15, 0.2) is 8.32 Å². The van der Waals surface area contributed by atoms with Gasteiger partial charge in [0.05, 0.1) is 0 Å². The summed E-state index contributed by atoms with van der Waals surface area (Å²) in [5.41, 5.74) is 0. The van der Waals surface area contributed by atoms with Crippen molar-refractivity contribution in [2.24, 2.45) is 0 Å². The van der Waals surface area contributed by atoms with Crippen molar-refractivity contribution in [3.05, 3.63) is 0 Å². The zero-order valence-electron chi connectivity index (χ0n) is 9.41. The summed E-state index contributed by atoms with van der Waals surface area (Å²) < 4.78 is 5.81. The Balaban J connectivity index is 4.16. The molecule has 0 aromatic rings. The summed E-state index contributed by atoms with van der Waals surface area (Å²) in [4.78, 5) is 0. The summed E-state index contributed by atoms with van der Waals surface area (Å²) in [6.07, 6.45) is 3.14. The molecule has 0 rings (SSSR count). The van der Waals surface area contributed by atoms with E-state index in [1.54, 1.807) is 0 Å². The van der Waals surface area contributed by atoms with E-state index < -0.39 is 8.32 Å². The minimum absolute atomic E-state index is 0.722. The van der Waals surface area contributed by atoms with Gasteiger partial charge in [0.2, 0.25) is 0 Å². The van der Waals surface area contributed by atoms with Gasteiger partial charge >= 0.3 is 0 Å². The minimum Gasteiger partial charge on any atom is -0.420 e. The van der Waals surface area contributed by atoms with Crippen LogP contribution < -0.4 is 0 Å². The zero-order chi connectivity index (χ0) is 11.6. The molecule has 0 heterocycles. The maximum atomic E-state index is 5.81. The third-order valence-corrected chi connectivity index (χ3v) is 8.19. The summed E-state index contributed by atoms with van der Waals surface area (Å²) in [6.45, 7) is 0. The molecule has 0 atom stereocenters. The van der Waals surface area contributed by atoms with E-state index in [-0.39, 0.29) is 0 Å². The summed E-state index contributed by atoms with van der Waals surface area (Å²) in [6, 6.07) is 3.42. The van der Waals surface area contributed by atoms with Crippen LogP contribution in [0, 0.1) is 0 Å². The second kappa shape index (κ2) is 10.2. The first kappa shape index (κ1) is 16.0. The first-order valence-electron chi connectivity index (χ1n) is 5.47. The van der Waals surface area contributed by atoms with Crippen LogP contribution in [0.25, 0.3) is 0 Å². The predicted molar refractivity (Wildman–Crippen MR) is 73.2 cm³/mol. The molecular formula is C10H21Cl3OSi. The van der Waals surface area contributed by atoms with Crippen LogP contribution in [0.5, 0.6) is 0 Å². The molecule has 0 N–H and O–H groups in total. The number of rotatable bonds is 10. The molecule has 0 aliphatic rings. The molecule has 0 aliphatic carbocycles. The lowest BCUT2D eigenvalue weighted by molar-refractivity contribution is 0.386. The maximum absolute atomic E-state index is 5.81. The van der Waals surface area contributed by atoms with Crippen molar-refractivity contribution in [3.63, 3.8) is 0 Å². The largest absolute Gasteiger partial charge is 0.420 e. The Morgan fingerprint density at radius 1 is 0.800 bits per heavy atom. The van der Waals surface area contributed by atoms with Crippen LogP contribution in [-0.2, 0) is 4.43 Å². The molecule has 1 nitrogen and oxygen atoms in total. The Kier molecular flexibility index (Phi) is 10.9. The highest BCUT2D eigenvalue weighted by molar-refractivity contribution is 6.73. The molecule has 0 amide bonds. The Morgan fingerprint density at radius 3 is 1.33 bits per heavy atom. The average Bonchev–Trinajstić information content (AvgIpc) is 2.29. The molecule has 0 saturated carbocycles. The van der Waals surface area contributed by atoms with Crippen LogP contribution >= 0.6 is 34.8 Å². The lowest BCUT2D eigenvalue weighted by atomic mass is 10.5. The maximum Gasteiger partial charge on any atom is 0.192 e. The second-order valence-electron chi connectivity index (χ2n) is 3.76. The number of hydrogen-bond donors (Lipinski definition) is 0. The van der Waals surface area contributed by atoms with Crippen molar-refractivity contribution in [1.29, 1.82) is 0 Å². The van der Waals surface area contributed by atoms with Crippen LogP contribution in [0.3, 0.4) is 0 Å². The lowest BCUT2D eigenvalue weighted by Gasteiger charge is -2.29. The summed E-state index contributed by atoms with van der Waals surface area (Å²) in [7, 11) is 0.250. The molecule has 0 aromatic carbocycles. The van der Waals surface area contributed by atoms with Gasteiger partial charge in [0, 0.05) is 24.7 Å². The summed E-state index contributed by atoms with van der Waals surface area (Å²) in [5, 5.41) is 0. The van der Waals surface area contributed by atoms with Crippen LogP contribution in [0.1, 0.15) is 19.3 Å². The molecule has 5 heteroatoms. The average molecular weight is 292 g/mol. The van der Waals surface area contributed by atoms with Crippen LogP contribution in [0.15, 0.2) is 0 Å². The van der Waals surface area contributed by atoms with Crippen molar-refractivity contribution >= 4 is 43.1 Å². The first-order chi connectivity index (χ1) is 7.24. The molecule has 15 heavy (non-hydrogen) atoms. The van der Waals surface area contributed by atoms with Gasteiger partial charge < -0.3 is 4.43 Å². The second-order valence-corrected chi connectivity index (χ2v) is 9.17. The Hall–Kier alpha value is 1.05. The Bertz CT molecular complexity index is 125. The van der Waals surface area contributed by atoms with Crippen LogP contribution in [-0.4, -0.2) is 33.1 Å². The van der Waals surface area contributed by atoms with Gasteiger partial charge in [0.1, 0.15) is 0 Å². The SMILES string of the molecule is CO[Si](CCCCl)(CCCCl)CCCCl. The van der Waals surface area contributed by atoms with E-state index in [1.165, 1.54) is 0 Å². The molecular weight excluding hydrogens is 271 g/mol. The number of hydrogen-bond acceptors (Lipinski definition) is 1. The molecule has 0 bridgehead atoms.